The van der Waals surface area contributed by atoms with Crippen molar-refractivity contribution in [2.24, 2.45) is 0 Å². The average molecular weight is 823 g/mol. The van der Waals surface area contributed by atoms with Crippen LogP contribution >= 0.6 is 0 Å². The molecule has 4 aromatic rings. The van der Waals surface area contributed by atoms with Crippen molar-refractivity contribution in [1.29, 1.82) is 5.26 Å². The van der Waals surface area contributed by atoms with E-state index in [1.54, 1.807) is 26.0 Å². The molecule has 0 atom stereocenters. The third kappa shape index (κ3) is 7.96. The molecule has 0 spiro atoms. The monoisotopic (exact) mass is 823 g/mol. The molecular weight excluding hydrogens is 798 g/mol. The molecule has 0 bridgehead atoms. The molecular formula is C32H25F5IrN9-5. The Morgan fingerprint density at radius 3 is 2.00 bits per heavy atom. The maximum atomic E-state index is 13.9. The van der Waals surface area contributed by atoms with Crippen LogP contribution in [0, 0.1) is 48.7 Å². The molecule has 9 nitrogen and oxygen atoms in total. The van der Waals surface area contributed by atoms with Crippen molar-refractivity contribution in [1.82, 2.24) is 30.0 Å². The van der Waals surface area contributed by atoms with Gasteiger partial charge in [0.05, 0.1) is 6.07 Å². The maximum absolute atomic E-state index is 13.9. The number of pyridine rings is 2. The van der Waals surface area contributed by atoms with Gasteiger partial charge in [-0.3, -0.25) is 4.98 Å². The van der Waals surface area contributed by atoms with Crippen LogP contribution in [-0.4, -0.2) is 39.0 Å². The van der Waals surface area contributed by atoms with E-state index in [4.69, 9.17) is 0 Å². The van der Waals surface area contributed by atoms with Crippen LogP contribution in [0.15, 0.2) is 67.3 Å². The van der Waals surface area contributed by atoms with Crippen LogP contribution in [0.5, 0.6) is 0 Å². The van der Waals surface area contributed by atoms with Crippen molar-refractivity contribution in [3.8, 4) is 17.3 Å². The first-order valence-corrected chi connectivity index (χ1v) is 13.6. The average Bonchev–Trinajstić information content (AvgIpc) is 3.79. The molecule has 0 fully saturated rings. The maximum Gasteiger partial charge on any atom is 0.431 e. The summed E-state index contributed by atoms with van der Waals surface area (Å²) in [5.41, 5.74) is 0.546. The van der Waals surface area contributed by atoms with E-state index >= 15 is 0 Å². The van der Waals surface area contributed by atoms with Gasteiger partial charge in [0.2, 0.25) is 0 Å². The van der Waals surface area contributed by atoms with Crippen molar-refractivity contribution >= 4 is 11.4 Å². The first-order valence-electron chi connectivity index (χ1n) is 13.6. The predicted molar refractivity (Wildman–Crippen MR) is 158 cm³/mol. The number of hydrogen-bond donors (Lipinski definition) is 0. The van der Waals surface area contributed by atoms with E-state index in [0.717, 1.165) is 23.5 Å². The predicted octanol–water partition coefficient (Wildman–Crippen LogP) is 5.96. The van der Waals surface area contributed by atoms with Crippen LogP contribution in [0.1, 0.15) is 36.5 Å². The summed E-state index contributed by atoms with van der Waals surface area (Å²) in [5.74, 6) is -2.10. The van der Waals surface area contributed by atoms with E-state index in [1.165, 1.54) is 6.07 Å². The van der Waals surface area contributed by atoms with Crippen LogP contribution in [0.3, 0.4) is 0 Å². The normalized spacial score (nSPS) is 14.2. The van der Waals surface area contributed by atoms with E-state index < -0.39 is 29.2 Å². The molecule has 0 amide bonds. The van der Waals surface area contributed by atoms with E-state index in [1.807, 2.05) is 84.0 Å². The summed E-state index contributed by atoms with van der Waals surface area (Å²) in [6.07, 6.45) is 3.16. The summed E-state index contributed by atoms with van der Waals surface area (Å²) >= 11 is 0. The Balaban J connectivity index is 0.000000215. The largest absolute Gasteiger partial charge is 0.578 e. The molecule has 1 aromatic carbocycles. The van der Waals surface area contributed by atoms with Crippen LogP contribution in [0.4, 0.5) is 33.3 Å². The summed E-state index contributed by atoms with van der Waals surface area (Å²) in [4.78, 5) is 15.1. The number of nitrogens with zero attached hydrogens (tertiary/aromatic N) is 9. The molecule has 1 radical (unpaired) electrons. The number of rotatable bonds is 5. The minimum absolute atomic E-state index is 0. The van der Waals surface area contributed by atoms with Crippen molar-refractivity contribution in [2.45, 2.75) is 25.4 Å². The quantitative estimate of drug-likeness (QED) is 0.138. The van der Waals surface area contributed by atoms with Gasteiger partial charge in [-0.1, -0.05) is 43.2 Å². The minimum atomic E-state index is -4.60. The molecule has 15 heteroatoms. The molecule has 0 saturated carbocycles. The molecule has 247 valence electrons. The van der Waals surface area contributed by atoms with Crippen molar-refractivity contribution in [3.63, 3.8) is 0 Å². The Labute approximate surface area is 282 Å². The molecule has 6 rings (SSSR count). The minimum Gasteiger partial charge on any atom is -0.578 e. The molecule has 3 aromatic heterocycles. The van der Waals surface area contributed by atoms with Gasteiger partial charge in [0.15, 0.2) is 0 Å². The Bertz CT molecular complexity index is 1790. The van der Waals surface area contributed by atoms with E-state index in [2.05, 4.69) is 38.4 Å². The topological polar surface area (TPSA) is 89.5 Å². The Kier molecular flexibility index (Phi) is 10.4. The van der Waals surface area contributed by atoms with E-state index in [9.17, 15) is 27.2 Å². The van der Waals surface area contributed by atoms with Crippen molar-refractivity contribution < 1.29 is 42.1 Å². The smallest absolute Gasteiger partial charge is 0.431 e. The van der Waals surface area contributed by atoms with E-state index in [-0.39, 0.29) is 37.1 Å². The summed E-state index contributed by atoms with van der Waals surface area (Å²) in [7, 11) is 3.91. The summed E-state index contributed by atoms with van der Waals surface area (Å²) in [6.45, 7) is 7.11. The second kappa shape index (κ2) is 13.9. The van der Waals surface area contributed by atoms with Crippen LogP contribution < -0.4 is 14.9 Å². The standard InChI is InChI=1S/C17H11F5N4.C15H14N5.Ir/c1-16(2,12-8-13(26-25-12)17(20,21)22)11-5-3-4-10(23-11)9-6-7-14(18)24-15(9)19;1-17-3-5-19(11-17)14-7-13(10-16)8-15(9-14)20-6-4-18(2)12-20;/h3-5,7-8H,1-2H3;3-8,11-12H,1-2H3;/q-2;-3;. The van der Waals surface area contributed by atoms with Gasteiger partial charge in [0.25, 0.3) is 0 Å². The summed E-state index contributed by atoms with van der Waals surface area (Å²) in [6, 6.07) is 17.9. The number of halogens is 5. The zero-order valence-corrected chi connectivity index (χ0v) is 27.6. The molecule has 0 unspecified atom stereocenters. The fourth-order valence-corrected chi connectivity index (χ4v) is 4.41. The molecule has 0 saturated heterocycles. The Morgan fingerprint density at radius 1 is 0.894 bits per heavy atom. The van der Waals surface area contributed by atoms with Gasteiger partial charge in [-0.15, -0.1) is 41.3 Å². The molecule has 2 aliphatic rings. The first kappa shape index (κ1) is 35.1. The molecule has 0 N–H and O–H groups in total. The zero-order chi connectivity index (χ0) is 33.2. The van der Waals surface area contributed by atoms with Gasteiger partial charge in [-0.2, -0.15) is 31.8 Å². The summed E-state index contributed by atoms with van der Waals surface area (Å²) < 4.78 is 65.1. The number of benzene rings is 1. The van der Waals surface area contributed by atoms with Gasteiger partial charge < -0.3 is 34.8 Å². The fraction of sp³-hybridized carbons (Fsp3) is 0.188. The van der Waals surface area contributed by atoms with Gasteiger partial charge in [-0.25, -0.2) is 8.78 Å². The second-order valence-corrected chi connectivity index (χ2v) is 10.8. The number of alkyl halides is 3. The van der Waals surface area contributed by atoms with Gasteiger partial charge in [0, 0.05) is 31.2 Å². The number of hydrogen-bond acceptors (Lipinski definition) is 8. The SMILES string of the molecule is CC(C)(c1cccc(-c2[c-]cc(F)nc2F)n1)c1cc(C(F)(F)F)n[n-]1.CN1C=CN(c2[c-]c(N3C=CN(C)[CH-]3)cc(C#N)c2)[CH-]1.[Ir]. The molecule has 2 aliphatic heterocycles. The Morgan fingerprint density at radius 2 is 1.51 bits per heavy atom. The second-order valence-electron chi connectivity index (χ2n) is 10.8. The van der Waals surface area contributed by atoms with Gasteiger partial charge >= 0.3 is 6.18 Å². The third-order valence-corrected chi connectivity index (χ3v) is 6.93. The fourth-order valence-electron chi connectivity index (χ4n) is 4.41. The van der Waals surface area contributed by atoms with Crippen LogP contribution in [-0.2, 0) is 31.7 Å². The van der Waals surface area contributed by atoms with Gasteiger partial charge in [-0.05, 0) is 56.7 Å². The molecule has 0 aliphatic carbocycles. The van der Waals surface area contributed by atoms with E-state index in [0.29, 0.717) is 11.3 Å². The first-order chi connectivity index (χ1) is 21.7. The van der Waals surface area contributed by atoms with Crippen molar-refractivity contribution in [2.75, 3.05) is 23.9 Å². The number of nitriles is 1. The number of anilines is 2. The summed E-state index contributed by atoms with van der Waals surface area (Å²) in [5, 5.41) is 16.0. The number of aromatic nitrogens is 4. The molecule has 5 heterocycles. The zero-order valence-electron chi connectivity index (χ0n) is 25.3. The van der Waals surface area contributed by atoms with Crippen LogP contribution in [0.2, 0.25) is 0 Å². The van der Waals surface area contributed by atoms with Gasteiger partial charge in [0.1, 0.15) is 17.6 Å². The third-order valence-electron chi connectivity index (χ3n) is 6.93. The van der Waals surface area contributed by atoms with Crippen LogP contribution in [0.25, 0.3) is 11.3 Å². The molecule has 47 heavy (non-hydrogen) atoms. The van der Waals surface area contributed by atoms with Crippen molar-refractivity contribution in [3.05, 3.63) is 127 Å². The Hall–Kier alpha value is -4.80.